The van der Waals surface area contributed by atoms with E-state index in [2.05, 4.69) is 10.0 Å². The monoisotopic (exact) mass is 430 g/mol. The van der Waals surface area contributed by atoms with Gasteiger partial charge in [0.05, 0.1) is 17.7 Å². The van der Waals surface area contributed by atoms with Crippen LogP contribution < -0.4 is 14.8 Å². The van der Waals surface area contributed by atoms with Gasteiger partial charge in [-0.05, 0) is 61.0 Å². The summed E-state index contributed by atoms with van der Waals surface area (Å²) in [7, 11) is -2.46. The molecule has 1 amide bonds. The molecular formula is C21H19ClN2O4S. The largest absolute Gasteiger partial charge is 0.495 e. The van der Waals surface area contributed by atoms with Crippen LogP contribution in [0.4, 0.5) is 11.4 Å². The minimum atomic E-state index is -3.92. The van der Waals surface area contributed by atoms with Crippen LogP contribution >= 0.6 is 11.6 Å². The second-order valence-corrected chi connectivity index (χ2v) is 8.37. The van der Waals surface area contributed by atoms with E-state index in [4.69, 9.17) is 16.3 Å². The van der Waals surface area contributed by atoms with E-state index in [1.807, 2.05) is 6.92 Å². The van der Waals surface area contributed by atoms with E-state index in [0.717, 1.165) is 5.56 Å². The van der Waals surface area contributed by atoms with E-state index >= 15 is 0 Å². The maximum atomic E-state index is 12.8. The van der Waals surface area contributed by atoms with Crippen molar-refractivity contribution in [3.63, 3.8) is 0 Å². The Morgan fingerprint density at radius 1 is 0.966 bits per heavy atom. The zero-order valence-corrected chi connectivity index (χ0v) is 17.3. The first-order valence-electron chi connectivity index (χ1n) is 8.63. The Hall–Kier alpha value is -3.03. The quantitative estimate of drug-likeness (QED) is 0.593. The van der Waals surface area contributed by atoms with Crippen LogP contribution in [0.25, 0.3) is 0 Å². The first-order valence-corrected chi connectivity index (χ1v) is 10.5. The van der Waals surface area contributed by atoms with Crippen LogP contribution in [0.2, 0.25) is 5.02 Å². The molecule has 3 rings (SSSR count). The minimum Gasteiger partial charge on any atom is -0.495 e. The predicted octanol–water partition coefficient (Wildman–Crippen LogP) is 4.71. The fourth-order valence-corrected chi connectivity index (χ4v) is 4.04. The maximum Gasteiger partial charge on any atom is 0.262 e. The summed E-state index contributed by atoms with van der Waals surface area (Å²) < 4.78 is 33.2. The van der Waals surface area contributed by atoms with Gasteiger partial charge in [0, 0.05) is 16.3 Å². The van der Waals surface area contributed by atoms with E-state index < -0.39 is 15.9 Å². The number of aryl methyl sites for hydroxylation is 1. The number of methoxy groups -OCH3 is 1. The lowest BCUT2D eigenvalue weighted by Crippen LogP contribution is -2.16. The van der Waals surface area contributed by atoms with Gasteiger partial charge in [-0.25, -0.2) is 8.42 Å². The summed E-state index contributed by atoms with van der Waals surface area (Å²) in [6, 6.07) is 17.6. The van der Waals surface area contributed by atoms with Crippen molar-refractivity contribution < 1.29 is 17.9 Å². The van der Waals surface area contributed by atoms with Crippen molar-refractivity contribution in [3.8, 4) is 5.75 Å². The number of benzene rings is 3. The Kier molecular flexibility index (Phi) is 6.10. The Bertz CT molecular complexity index is 1160. The van der Waals surface area contributed by atoms with Gasteiger partial charge in [-0.1, -0.05) is 29.8 Å². The van der Waals surface area contributed by atoms with Crippen LogP contribution in [0.15, 0.2) is 71.6 Å². The molecule has 0 unspecified atom stereocenters. The topological polar surface area (TPSA) is 84.5 Å². The highest BCUT2D eigenvalue weighted by atomic mass is 35.5. The number of nitrogens with one attached hydrogen (secondary N) is 2. The molecule has 0 spiro atoms. The second-order valence-electron chi connectivity index (χ2n) is 6.25. The van der Waals surface area contributed by atoms with Crippen LogP contribution in [0.1, 0.15) is 15.9 Å². The highest BCUT2D eigenvalue weighted by Gasteiger charge is 2.18. The second kappa shape index (κ2) is 8.55. The molecule has 2 N–H and O–H groups in total. The molecule has 0 bridgehead atoms. The molecular weight excluding hydrogens is 412 g/mol. The summed E-state index contributed by atoms with van der Waals surface area (Å²) in [6.07, 6.45) is 0. The van der Waals surface area contributed by atoms with Gasteiger partial charge in [-0.15, -0.1) is 0 Å². The molecule has 8 heteroatoms. The van der Waals surface area contributed by atoms with E-state index in [1.165, 1.54) is 25.3 Å². The summed E-state index contributed by atoms with van der Waals surface area (Å²) in [4.78, 5) is 12.6. The average molecular weight is 431 g/mol. The van der Waals surface area contributed by atoms with Gasteiger partial charge in [0.25, 0.3) is 15.9 Å². The molecule has 0 atom stereocenters. The lowest BCUT2D eigenvalue weighted by molar-refractivity contribution is 0.102. The molecule has 0 aliphatic rings. The Balaban J connectivity index is 1.85. The SMILES string of the molecule is COc1ccccc1NS(=O)(=O)c1cccc(C(=O)Nc2ccc(Cl)cc2C)c1. The first kappa shape index (κ1) is 20.7. The molecule has 6 nitrogen and oxygen atoms in total. The number of carbonyl (C=O) groups is 1. The van der Waals surface area contributed by atoms with Gasteiger partial charge in [0.1, 0.15) is 5.75 Å². The van der Waals surface area contributed by atoms with Crippen molar-refractivity contribution >= 4 is 38.9 Å². The third-order valence-electron chi connectivity index (χ3n) is 4.19. The number of carbonyl (C=O) groups excluding carboxylic acids is 1. The van der Waals surface area contributed by atoms with Crippen molar-refractivity contribution in [1.82, 2.24) is 0 Å². The Labute approximate surface area is 174 Å². The van der Waals surface area contributed by atoms with Crippen LogP contribution in [0, 0.1) is 6.92 Å². The number of ether oxygens (including phenoxy) is 1. The molecule has 0 radical (unpaired) electrons. The molecule has 150 valence electrons. The fourth-order valence-electron chi connectivity index (χ4n) is 2.70. The van der Waals surface area contributed by atoms with Crippen molar-refractivity contribution in [2.24, 2.45) is 0 Å². The lowest BCUT2D eigenvalue weighted by Gasteiger charge is -2.13. The standard InChI is InChI=1S/C21H19ClN2O4S/c1-14-12-16(22)10-11-18(14)23-21(25)15-6-5-7-17(13-15)29(26,27)24-19-8-3-4-9-20(19)28-2/h3-13,24H,1-2H3,(H,23,25). The van der Waals surface area contributed by atoms with Gasteiger partial charge in [-0.2, -0.15) is 0 Å². The van der Waals surface area contributed by atoms with Gasteiger partial charge in [0.2, 0.25) is 0 Å². The number of para-hydroxylation sites is 2. The highest BCUT2D eigenvalue weighted by molar-refractivity contribution is 7.92. The van der Waals surface area contributed by atoms with E-state index in [9.17, 15) is 13.2 Å². The van der Waals surface area contributed by atoms with Gasteiger partial charge < -0.3 is 10.1 Å². The zero-order valence-electron chi connectivity index (χ0n) is 15.8. The molecule has 0 aliphatic carbocycles. The summed E-state index contributed by atoms with van der Waals surface area (Å²) in [5.41, 5.74) is 1.91. The number of sulfonamides is 1. The summed E-state index contributed by atoms with van der Waals surface area (Å²) in [6.45, 7) is 1.82. The fraction of sp³-hybridized carbons (Fsp3) is 0.0952. The van der Waals surface area contributed by atoms with Crippen LogP contribution in [-0.4, -0.2) is 21.4 Å². The predicted molar refractivity (Wildman–Crippen MR) is 114 cm³/mol. The molecule has 0 aliphatic heterocycles. The van der Waals surface area contributed by atoms with Gasteiger partial charge in [-0.3, -0.25) is 9.52 Å². The van der Waals surface area contributed by atoms with Gasteiger partial charge >= 0.3 is 0 Å². The summed E-state index contributed by atoms with van der Waals surface area (Å²) in [5, 5.41) is 3.33. The van der Waals surface area contributed by atoms with Crippen molar-refractivity contribution in [2.75, 3.05) is 17.1 Å². The number of hydrogen-bond acceptors (Lipinski definition) is 4. The number of hydrogen-bond donors (Lipinski definition) is 2. The molecule has 0 heterocycles. The summed E-state index contributed by atoms with van der Waals surface area (Å²) in [5.74, 6) is -0.0343. The van der Waals surface area contributed by atoms with Gasteiger partial charge in [0.15, 0.2) is 0 Å². The lowest BCUT2D eigenvalue weighted by atomic mass is 10.1. The molecule has 0 saturated heterocycles. The number of anilines is 2. The third kappa shape index (κ3) is 4.88. The smallest absolute Gasteiger partial charge is 0.262 e. The summed E-state index contributed by atoms with van der Waals surface area (Å²) >= 11 is 5.93. The van der Waals surface area contributed by atoms with Crippen molar-refractivity contribution in [2.45, 2.75) is 11.8 Å². The molecule has 0 saturated carbocycles. The van der Waals surface area contributed by atoms with Crippen LogP contribution in [-0.2, 0) is 10.0 Å². The number of halogens is 1. The maximum absolute atomic E-state index is 12.8. The first-order chi connectivity index (χ1) is 13.8. The van der Waals surface area contributed by atoms with Crippen LogP contribution in [0.5, 0.6) is 5.75 Å². The number of amides is 1. The van der Waals surface area contributed by atoms with Crippen LogP contribution in [0.3, 0.4) is 0 Å². The zero-order chi connectivity index (χ0) is 21.0. The molecule has 3 aromatic rings. The average Bonchev–Trinajstić information content (AvgIpc) is 2.70. The normalized spacial score (nSPS) is 11.0. The third-order valence-corrected chi connectivity index (χ3v) is 5.79. The van der Waals surface area contributed by atoms with Crippen molar-refractivity contribution in [1.29, 1.82) is 0 Å². The molecule has 29 heavy (non-hydrogen) atoms. The number of rotatable bonds is 6. The van der Waals surface area contributed by atoms with E-state index in [-0.39, 0.29) is 10.5 Å². The highest BCUT2D eigenvalue weighted by Crippen LogP contribution is 2.26. The molecule has 0 fully saturated rings. The molecule has 0 aromatic heterocycles. The van der Waals surface area contributed by atoms with Crippen molar-refractivity contribution in [3.05, 3.63) is 82.9 Å². The van der Waals surface area contributed by atoms with E-state index in [0.29, 0.717) is 22.1 Å². The Morgan fingerprint density at radius 3 is 2.45 bits per heavy atom. The van der Waals surface area contributed by atoms with E-state index in [1.54, 1.807) is 48.5 Å². The minimum absolute atomic E-state index is 0.0381. The molecule has 3 aromatic carbocycles. The Morgan fingerprint density at radius 2 is 1.72 bits per heavy atom.